The lowest BCUT2D eigenvalue weighted by Gasteiger charge is -2.08. The fourth-order valence-corrected chi connectivity index (χ4v) is 2.12. The number of amides is 1. The topological polar surface area (TPSA) is 80.2 Å². The Morgan fingerprint density at radius 1 is 1.23 bits per heavy atom. The fourth-order valence-electron chi connectivity index (χ4n) is 2.12. The molecule has 6 nitrogen and oxygen atoms in total. The maximum Gasteiger partial charge on any atom is 0.271 e. The summed E-state index contributed by atoms with van der Waals surface area (Å²) in [6.07, 6.45) is 2.46. The third-order valence-electron chi connectivity index (χ3n) is 3.66. The molecule has 0 unspecified atom stereocenters. The molecule has 0 bridgehead atoms. The van der Waals surface area contributed by atoms with E-state index in [4.69, 9.17) is 9.47 Å². The number of nitrogens with one attached hydrogen (secondary N) is 1. The molecular formula is C20H24N2O4. The van der Waals surface area contributed by atoms with Crippen molar-refractivity contribution >= 4 is 12.1 Å². The minimum atomic E-state index is -0.319. The summed E-state index contributed by atoms with van der Waals surface area (Å²) in [7, 11) is 1.47. The summed E-state index contributed by atoms with van der Waals surface area (Å²) in [6.45, 7) is 4.95. The molecule has 0 saturated heterocycles. The van der Waals surface area contributed by atoms with Crippen LogP contribution >= 0.6 is 0 Å². The highest BCUT2D eigenvalue weighted by Crippen LogP contribution is 2.25. The lowest BCUT2D eigenvalue weighted by molar-refractivity contribution is 0.0955. The van der Waals surface area contributed by atoms with Crippen LogP contribution in [0.1, 0.15) is 36.2 Å². The Morgan fingerprint density at radius 3 is 2.62 bits per heavy atom. The van der Waals surface area contributed by atoms with Crippen LogP contribution in [0, 0.1) is 5.92 Å². The van der Waals surface area contributed by atoms with Crippen LogP contribution in [0.5, 0.6) is 17.2 Å². The molecule has 0 spiro atoms. The zero-order chi connectivity index (χ0) is 18.9. The first-order valence-corrected chi connectivity index (χ1v) is 8.43. The van der Waals surface area contributed by atoms with Crippen molar-refractivity contribution in [2.75, 3.05) is 13.7 Å². The molecular weight excluding hydrogens is 332 g/mol. The van der Waals surface area contributed by atoms with Crippen molar-refractivity contribution in [3.63, 3.8) is 0 Å². The maximum absolute atomic E-state index is 12.1. The van der Waals surface area contributed by atoms with Gasteiger partial charge in [-0.25, -0.2) is 5.43 Å². The van der Waals surface area contributed by atoms with Gasteiger partial charge in [0.15, 0.2) is 11.5 Å². The number of rotatable bonds is 8. The molecule has 2 aromatic carbocycles. The van der Waals surface area contributed by atoms with E-state index in [9.17, 15) is 9.90 Å². The van der Waals surface area contributed by atoms with Gasteiger partial charge in [-0.05, 0) is 60.4 Å². The number of carbonyl (C=O) groups is 1. The summed E-state index contributed by atoms with van der Waals surface area (Å²) in [4.78, 5) is 12.1. The van der Waals surface area contributed by atoms with E-state index < -0.39 is 0 Å². The van der Waals surface area contributed by atoms with E-state index in [-0.39, 0.29) is 11.7 Å². The van der Waals surface area contributed by atoms with E-state index in [1.807, 2.05) is 0 Å². The maximum atomic E-state index is 12.1. The van der Waals surface area contributed by atoms with Gasteiger partial charge in [-0.15, -0.1) is 0 Å². The summed E-state index contributed by atoms with van der Waals surface area (Å²) < 4.78 is 10.7. The molecule has 1 amide bonds. The average Bonchev–Trinajstić information content (AvgIpc) is 2.63. The first-order valence-electron chi connectivity index (χ1n) is 8.43. The minimum Gasteiger partial charge on any atom is -0.504 e. The van der Waals surface area contributed by atoms with Crippen molar-refractivity contribution in [1.82, 2.24) is 5.43 Å². The molecule has 0 aliphatic rings. The third-order valence-corrected chi connectivity index (χ3v) is 3.66. The predicted octanol–water partition coefficient (Wildman–Crippen LogP) is 3.59. The van der Waals surface area contributed by atoms with Crippen molar-refractivity contribution in [3.8, 4) is 17.2 Å². The number of nitrogens with zero attached hydrogens (tertiary/aromatic N) is 1. The Balaban J connectivity index is 1.89. The van der Waals surface area contributed by atoms with E-state index in [1.54, 1.807) is 36.4 Å². The Hall–Kier alpha value is -3.02. The summed E-state index contributed by atoms with van der Waals surface area (Å²) in [5.74, 6) is 1.40. The largest absolute Gasteiger partial charge is 0.504 e. The van der Waals surface area contributed by atoms with Crippen molar-refractivity contribution in [1.29, 1.82) is 0 Å². The summed E-state index contributed by atoms with van der Waals surface area (Å²) in [5.41, 5.74) is 3.64. The average molecular weight is 356 g/mol. The summed E-state index contributed by atoms with van der Waals surface area (Å²) in [5, 5.41) is 13.5. The van der Waals surface area contributed by atoms with Gasteiger partial charge in [0.25, 0.3) is 5.91 Å². The fraction of sp³-hybridized carbons (Fsp3) is 0.300. The number of hydrogen-bond donors (Lipinski definition) is 2. The van der Waals surface area contributed by atoms with Gasteiger partial charge in [0, 0.05) is 5.56 Å². The first-order chi connectivity index (χ1) is 12.5. The van der Waals surface area contributed by atoms with E-state index in [0.717, 1.165) is 12.2 Å². The molecule has 0 fully saturated rings. The van der Waals surface area contributed by atoms with Crippen LogP contribution in [0.15, 0.2) is 47.6 Å². The van der Waals surface area contributed by atoms with Gasteiger partial charge in [-0.2, -0.15) is 5.10 Å². The van der Waals surface area contributed by atoms with Gasteiger partial charge in [0.1, 0.15) is 5.75 Å². The highest BCUT2D eigenvalue weighted by molar-refractivity contribution is 5.95. The van der Waals surface area contributed by atoms with Gasteiger partial charge < -0.3 is 14.6 Å². The molecule has 0 heterocycles. The summed E-state index contributed by atoms with van der Waals surface area (Å²) in [6, 6.07) is 11.7. The molecule has 6 heteroatoms. The number of carbonyl (C=O) groups excluding carboxylic acids is 1. The van der Waals surface area contributed by atoms with Gasteiger partial charge in [0.2, 0.25) is 0 Å². The molecule has 2 rings (SSSR count). The highest BCUT2D eigenvalue weighted by atomic mass is 16.5. The lowest BCUT2D eigenvalue weighted by Crippen LogP contribution is -2.17. The van der Waals surface area contributed by atoms with Gasteiger partial charge in [-0.1, -0.05) is 13.8 Å². The predicted molar refractivity (Wildman–Crippen MR) is 101 cm³/mol. The molecule has 0 aliphatic heterocycles. The van der Waals surface area contributed by atoms with E-state index in [2.05, 4.69) is 24.4 Å². The number of hydrogen-bond acceptors (Lipinski definition) is 5. The van der Waals surface area contributed by atoms with E-state index >= 15 is 0 Å². The van der Waals surface area contributed by atoms with Crippen LogP contribution in [-0.4, -0.2) is 30.9 Å². The van der Waals surface area contributed by atoms with Gasteiger partial charge in [0.05, 0.1) is 19.9 Å². The molecule has 0 aromatic heterocycles. The van der Waals surface area contributed by atoms with Crippen LogP contribution in [0.4, 0.5) is 0 Å². The standard InChI is InChI=1S/C20H24N2O4/c1-14(2)10-11-26-17-7-5-16(6-8-17)20(24)22-21-13-15-4-9-18(23)19(12-15)25-3/h4-9,12-14,23H,10-11H2,1-3H3,(H,22,24)/b21-13+. The minimum absolute atomic E-state index is 0.0457. The normalized spacial score (nSPS) is 10.9. The molecule has 138 valence electrons. The first kappa shape index (κ1) is 19.3. The Morgan fingerprint density at radius 2 is 1.96 bits per heavy atom. The number of methoxy groups -OCH3 is 1. The lowest BCUT2D eigenvalue weighted by atomic mass is 10.1. The monoisotopic (exact) mass is 356 g/mol. The van der Waals surface area contributed by atoms with Crippen LogP contribution < -0.4 is 14.9 Å². The van der Waals surface area contributed by atoms with E-state index in [1.165, 1.54) is 19.4 Å². The number of benzene rings is 2. The third kappa shape index (κ3) is 5.81. The second-order valence-electron chi connectivity index (χ2n) is 6.19. The molecule has 2 N–H and O–H groups in total. The zero-order valence-electron chi connectivity index (χ0n) is 15.2. The van der Waals surface area contributed by atoms with Gasteiger partial charge in [-0.3, -0.25) is 4.79 Å². The number of ether oxygens (including phenoxy) is 2. The number of phenols is 1. The number of aromatic hydroxyl groups is 1. The van der Waals surface area contributed by atoms with Crippen molar-refractivity contribution < 1.29 is 19.4 Å². The molecule has 0 saturated carbocycles. The van der Waals surface area contributed by atoms with Crippen LogP contribution in [-0.2, 0) is 0 Å². The Labute approximate surface area is 153 Å². The van der Waals surface area contributed by atoms with Crippen LogP contribution in [0.25, 0.3) is 0 Å². The summed E-state index contributed by atoms with van der Waals surface area (Å²) >= 11 is 0. The van der Waals surface area contributed by atoms with Crippen LogP contribution in [0.3, 0.4) is 0 Å². The second kappa shape index (κ2) is 9.46. The zero-order valence-corrected chi connectivity index (χ0v) is 15.2. The molecule has 0 atom stereocenters. The molecule has 2 aromatic rings. The number of phenolic OH excluding ortho intramolecular Hbond substituents is 1. The highest BCUT2D eigenvalue weighted by Gasteiger charge is 2.05. The van der Waals surface area contributed by atoms with Crippen molar-refractivity contribution in [2.24, 2.45) is 11.0 Å². The second-order valence-corrected chi connectivity index (χ2v) is 6.19. The Bertz CT molecular complexity index is 755. The molecule has 0 aliphatic carbocycles. The smallest absolute Gasteiger partial charge is 0.271 e. The molecule has 26 heavy (non-hydrogen) atoms. The van der Waals surface area contributed by atoms with Crippen molar-refractivity contribution in [3.05, 3.63) is 53.6 Å². The Kier molecular flexibility index (Phi) is 7.02. The number of hydrazone groups is 1. The van der Waals surface area contributed by atoms with Crippen LogP contribution in [0.2, 0.25) is 0 Å². The van der Waals surface area contributed by atoms with Gasteiger partial charge >= 0.3 is 0 Å². The SMILES string of the molecule is COc1cc(/C=N/NC(=O)c2ccc(OCCC(C)C)cc2)ccc1O. The van der Waals surface area contributed by atoms with Crippen molar-refractivity contribution in [2.45, 2.75) is 20.3 Å². The molecule has 0 radical (unpaired) electrons. The van der Waals surface area contributed by atoms with E-state index in [0.29, 0.717) is 29.4 Å². The quantitative estimate of drug-likeness (QED) is 0.559.